The molecule has 0 aliphatic carbocycles. The van der Waals surface area contributed by atoms with Crippen LogP contribution in [0.2, 0.25) is 0 Å². The summed E-state index contributed by atoms with van der Waals surface area (Å²) in [5.41, 5.74) is 1.79. The zero-order valence-electron chi connectivity index (χ0n) is 11.6. The lowest BCUT2D eigenvalue weighted by atomic mass is 10.0. The van der Waals surface area contributed by atoms with Gasteiger partial charge in [0.15, 0.2) is 5.78 Å². The molecule has 0 saturated heterocycles. The number of benzene rings is 1. The van der Waals surface area contributed by atoms with Gasteiger partial charge in [-0.15, -0.1) is 0 Å². The maximum absolute atomic E-state index is 13.7. The summed E-state index contributed by atoms with van der Waals surface area (Å²) in [6.45, 7) is 5.43. The largest absolute Gasteiger partial charge is 0.362 e. The molecule has 5 heteroatoms. The number of aryl methyl sites for hydroxylation is 1. The molecular weight excluding hydrogens is 257 g/mol. The number of aromatic nitrogens is 2. The van der Waals surface area contributed by atoms with E-state index in [1.54, 1.807) is 19.2 Å². The third-order valence-corrected chi connectivity index (χ3v) is 3.74. The van der Waals surface area contributed by atoms with E-state index in [9.17, 15) is 9.18 Å². The van der Waals surface area contributed by atoms with E-state index in [2.05, 4.69) is 14.5 Å². The van der Waals surface area contributed by atoms with Crippen LogP contribution in [-0.2, 0) is 13.1 Å². The number of carbonyl (C=O) groups is 1. The van der Waals surface area contributed by atoms with Crippen molar-refractivity contribution in [1.29, 1.82) is 0 Å². The van der Waals surface area contributed by atoms with Crippen molar-refractivity contribution in [1.82, 2.24) is 9.55 Å². The van der Waals surface area contributed by atoms with Crippen molar-refractivity contribution < 1.29 is 9.18 Å². The summed E-state index contributed by atoms with van der Waals surface area (Å²) >= 11 is 0. The van der Waals surface area contributed by atoms with E-state index in [1.807, 2.05) is 6.20 Å². The summed E-state index contributed by atoms with van der Waals surface area (Å²) in [5.74, 6) is 0.512. The van der Waals surface area contributed by atoms with E-state index in [0.29, 0.717) is 17.7 Å². The van der Waals surface area contributed by atoms with Gasteiger partial charge in [0, 0.05) is 36.7 Å². The van der Waals surface area contributed by atoms with Crippen molar-refractivity contribution in [3.8, 4) is 0 Å². The zero-order valence-corrected chi connectivity index (χ0v) is 11.6. The predicted molar refractivity (Wildman–Crippen MR) is 74.4 cm³/mol. The summed E-state index contributed by atoms with van der Waals surface area (Å²) in [5, 5.41) is 0. The topological polar surface area (TPSA) is 38.1 Å². The molecule has 1 aliphatic rings. The molecule has 104 valence electrons. The van der Waals surface area contributed by atoms with Crippen molar-refractivity contribution >= 4 is 11.5 Å². The quantitative estimate of drug-likeness (QED) is 0.789. The molecule has 0 bridgehead atoms. The first kappa shape index (κ1) is 12.8. The minimum Gasteiger partial charge on any atom is -0.362 e. The van der Waals surface area contributed by atoms with E-state index >= 15 is 0 Å². The minimum absolute atomic E-state index is 0.118. The fraction of sp³-hybridized carbons (Fsp3) is 0.333. The molecule has 1 aromatic heterocycles. The molecule has 2 heterocycles. The van der Waals surface area contributed by atoms with Crippen LogP contribution in [0.25, 0.3) is 0 Å². The molecule has 2 aromatic rings. The average Bonchev–Trinajstić information content (AvgIpc) is 2.88. The fourth-order valence-electron chi connectivity index (χ4n) is 2.59. The number of hydrogen-bond acceptors (Lipinski definition) is 3. The molecule has 1 aliphatic heterocycles. The van der Waals surface area contributed by atoms with Gasteiger partial charge in [-0.2, -0.15) is 0 Å². The highest BCUT2D eigenvalue weighted by atomic mass is 19.1. The predicted octanol–water partition coefficient (Wildman–Crippen LogP) is 2.55. The van der Waals surface area contributed by atoms with Gasteiger partial charge in [-0.25, -0.2) is 9.37 Å². The molecule has 0 radical (unpaired) electrons. The molecule has 4 nitrogen and oxygen atoms in total. The Hall–Kier alpha value is -2.17. The number of ketones is 1. The highest BCUT2D eigenvalue weighted by molar-refractivity contribution is 5.99. The number of rotatable bonds is 2. The van der Waals surface area contributed by atoms with Gasteiger partial charge >= 0.3 is 0 Å². The van der Waals surface area contributed by atoms with Gasteiger partial charge in [0.2, 0.25) is 0 Å². The molecule has 0 saturated carbocycles. The van der Waals surface area contributed by atoms with E-state index in [-0.39, 0.29) is 11.6 Å². The number of halogens is 1. The molecule has 0 atom stereocenters. The second kappa shape index (κ2) is 4.74. The SMILES string of the molecule is CC(=O)c1cc(F)c(C)cc1N1CCn2ccnc2C1. The molecular formula is C15H16FN3O. The Kier molecular flexibility index (Phi) is 3.04. The van der Waals surface area contributed by atoms with Crippen LogP contribution in [0.3, 0.4) is 0 Å². The van der Waals surface area contributed by atoms with E-state index in [0.717, 1.165) is 24.6 Å². The van der Waals surface area contributed by atoms with Gasteiger partial charge in [0.1, 0.15) is 11.6 Å². The summed E-state index contributed by atoms with van der Waals surface area (Å²) in [6, 6.07) is 3.10. The highest BCUT2D eigenvalue weighted by Gasteiger charge is 2.21. The van der Waals surface area contributed by atoms with Crippen molar-refractivity contribution in [2.24, 2.45) is 0 Å². The highest BCUT2D eigenvalue weighted by Crippen LogP contribution is 2.27. The van der Waals surface area contributed by atoms with Crippen LogP contribution in [0.1, 0.15) is 28.7 Å². The molecule has 0 amide bonds. The van der Waals surface area contributed by atoms with Crippen LogP contribution in [0, 0.1) is 12.7 Å². The lowest BCUT2D eigenvalue weighted by molar-refractivity contribution is 0.101. The van der Waals surface area contributed by atoms with Crippen molar-refractivity contribution in [2.75, 3.05) is 11.4 Å². The first-order valence-electron chi connectivity index (χ1n) is 6.62. The molecule has 0 spiro atoms. The lowest BCUT2D eigenvalue weighted by Crippen LogP contribution is -2.34. The Morgan fingerprint density at radius 3 is 2.90 bits per heavy atom. The maximum Gasteiger partial charge on any atom is 0.161 e. The van der Waals surface area contributed by atoms with Gasteiger partial charge < -0.3 is 9.47 Å². The van der Waals surface area contributed by atoms with E-state index in [4.69, 9.17) is 0 Å². The molecule has 0 fully saturated rings. The van der Waals surface area contributed by atoms with Crippen LogP contribution in [0.15, 0.2) is 24.5 Å². The van der Waals surface area contributed by atoms with E-state index in [1.165, 1.54) is 13.0 Å². The van der Waals surface area contributed by atoms with E-state index < -0.39 is 0 Å². The number of fused-ring (bicyclic) bond motifs is 1. The summed E-state index contributed by atoms with van der Waals surface area (Å²) < 4.78 is 15.8. The number of anilines is 1. The van der Waals surface area contributed by atoms with Gasteiger partial charge in [-0.3, -0.25) is 4.79 Å². The third kappa shape index (κ3) is 2.09. The Morgan fingerprint density at radius 2 is 2.15 bits per heavy atom. The van der Waals surface area contributed by atoms with Crippen molar-refractivity contribution in [3.63, 3.8) is 0 Å². The van der Waals surface area contributed by atoms with Gasteiger partial charge in [0.25, 0.3) is 0 Å². The number of imidazole rings is 1. The zero-order chi connectivity index (χ0) is 14.3. The standard InChI is InChI=1S/C15H16FN3O/c1-10-7-14(12(11(2)20)8-13(10)16)19-6-5-18-4-3-17-15(18)9-19/h3-4,7-8H,5-6,9H2,1-2H3. The van der Waals surface area contributed by atoms with Crippen LogP contribution >= 0.6 is 0 Å². The molecule has 20 heavy (non-hydrogen) atoms. The molecule has 0 N–H and O–H groups in total. The van der Waals surface area contributed by atoms with Gasteiger partial charge in [0.05, 0.1) is 6.54 Å². The smallest absolute Gasteiger partial charge is 0.161 e. The van der Waals surface area contributed by atoms with Crippen molar-refractivity contribution in [3.05, 3.63) is 47.3 Å². The minimum atomic E-state index is -0.336. The second-order valence-corrected chi connectivity index (χ2v) is 5.13. The first-order valence-corrected chi connectivity index (χ1v) is 6.62. The fourth-order valence-corrected chi connectivity index (χ4v) is 2.59. The normalized spacial score (nSPS) is 14.2. The summed E-state index contributed by atoms with van der Waals surface area (Å²) in [6.07, 6.45) is 3.73. The Balaban J connectivity index is 2.02. The summed E-state index contributed by atoms with van der Waals surface area (Å²) in [4.78, 5) is 18.2. The number of Topliss-reactive ketones (excluding diaryl/α,β-unsaturated/α-hetero) is 1. The Morgan fingerprint density at radius 1 is 1.35 bits per heavy atom. The van der Waals surface area contributed by atoms with Crippen LogP contribution in [0.5, 0.6) is 0 Å². The Bertz CT molecular complexity index is 678. The molecule has 0 unspecified atom stereocenters. The second-order valence-electron chi connectivity index (χ2n) is 5.13. The Labute approximate surface area is 116 Å². The summed E-state index contributed by atoms with van der Waals surface area (Å²) in [7, 11) is 0. The lowest BCUT2D eigenvalue weighted by Gasteiger charge is -2.31. The first-order chi connectivity index (χ1) is 9.56. The van der Waals surface area contributed by atoms with Crippen LogP contribution in [-0.4, -0.2) is 21.9 Å². The van der Waals surface area contributed by atoms with Crippen molar-refractivity contribution in [2.45, 2.75) is 26.9 Å². The number of nitrogens with zero attached hydrogens (tertiary/aromatic N) is 3. The third-order valence-electron chi connectivity index (χ3n) is 3.74. The van der Waals surface area contributed by atoms with Crippen LogP contribution in [0.4, 0.5) is 10.1 Å². The average molecular weight is 273 g/mol. The molecule has 3 rings (SSSR count). The molecule has 1 aromatic carbocycles. The number of carbonyl (C=O) groups excluding carboxylic acids is 1. The van der Waals surface area contributed by atoms with Crippen LogP contribution < -0.4 is 4.90 Å². The monoisotopic (exact) mass is 273 g/mol. The van der Waals surface area contributed by atoms with Gasteiger partial charge in [-0.1, -0.05) is 0 Å². The number of hydrogen-bond donors (Lipinski definition) is 0. The maximum atomic E-state index is 13.7. The van der Waals surface area contributed by atoms with Gasteiger partial charge in [-0.05, 0) is 31.5 Å².